The second-order valence-corrected chi connectivity index (χ2v) is 8.40. The van der Waals surface area contributed by atoms with E-state index in [0.29, 0.717) is 18.9 Å². The van der Waals surface area contributed by atoms with Gasteiger partial charge in [-0.3, -0.25) is 4.79 Å². The zero-order valence-corrected chi connectivity index (χ0v) is 17.5. The number of H-pyrrole nitrogens is 1. The van der Waals surface area contributed by atoms with Crippen molar-refractivity contribution >= 4 is 21.7 Å². The van der Waals surface area contributed by atoms with Crippen molar-refractivity contribution in [1.29, 1.82) is 5.26 Å². The topological polar surface area (TPSA) is 81.6 Å². The van der Waals surface area contributed by atoms with Crippen molar-refractivity contribution in [3.63, 3.8) is 0 Å². The average Bonchev–Trinajstić information content (AvgIpc) is 3.15. The van der Waals surface area contributed by atoms with Crippen LogP contribution in [0, 0.1) is 22.7 Å². The lowest BCUT2D eigenvalue weighted by Gasteiger charge is -2.21. The molecule has 3 rings (SSSR count). The molecular weight excluding hydrogens is 404 g/mol. The summed E-state index contributed by atoms with van der Waals surface area (Å²) in [6.07, 6.45) is 8.04. The highest BCUT2D eigenvalue weighted by Gasteiger charge is 2.45. The molecule has 0 radical (unpaired) electrons. The van der Waals surface area contributed by atoms with Crippen molar-refractivity contribution in [2.24, 2.45) is 11.3 Å². The third-order valence-corrected chi connectivity index (χ3v) is 5.10. The molecule has 1 aliphatic rings. The number of hydrogen-bond acceptors (Lipinski definition) is 4. The monoisotopic (exact) mass is 430 g/mol. The standard InChI is InChI=1S/C18H23BrN2O.C3H4N2/c1-13(2)9-16(17(22)10-18(12-20)7-8-18)21-11-14-3-5-15(19)6-4-14;1-2-5-3-4-1/h3-6,13,16,21H,7-11H2,1-2H3;1-3H,(H,4,5)/t16-;/m0./s1. The molecule has 2 aromatic rings. The van der Waals surface area contributed by atoms with E-state index in [2.05, 4.69) is 51.1 Å². The van der Waals surface area contributed by atoms with Crippen molar-refractivity contribution in [3.8, 4) is 6.07 Å². The summed E-state index contributed by atoms with van der Waals surface area (Å²) >= 11 is 3.42. The fraction of sp³-hybridized carbons (Fsp3) is 0.476. The smallest absolute Gasteiger partial charge is 0.151 e. The molecule has 5 nitrogen and oxygen atoms in total. The molecular formula is C21H27BrN4O. The minimum Gasteiger partial charge on any atom is -0.351 e. The fourth-order valence-electron chi connectivity index (χ4n) is 2.79. The van der Waals surface area contributed by atoms with Crippen LogP contribution in [0.15, 0.2) is 47.5 Å². The van der Waals surface area contributed by atoms with Gasteiger partial charge >= 0.3 is 0 Å². The number of carbonyl (C=O) groups excluding carboxylic acids is 1. The van der Waals surface area contributed by atoms with Crippen LogP contribution in [0.3, 0.4) is 0 Å². The molecule has 0 aliphatic heterocycles. The molecule has 0 amide bonds. The molecule has 1 atom stereocenters. The Labute approximate surface area is 169 Å². The Hall–Kier alpha value is -1.97. The molecule has 1 aromatic carbocycles. The number of nitriles is 1. The third kappa shape index (κ3) is 7.66. The highest BCUT2D eigenvalue weighted by Crippen LogP contribution is 2.48. The molecule has 1 fully saturated rings. The van der Waals surface area contributed by atoms with Gasteiger partial charge in [0, 0.05) is 29.8 Å². The molecule has 2 N–H and O–H groups in total. The van der Waals surface area contributed by atoms with Gasteiger partial charge in [-0.2, -0.15) is 5.26 Å². The zero-order chi connectivity index (χ0) is 19.7. The van der Waals surface area contributed by atoms with E-state index in [-0.39, 0.29) is 17.2 Å². The van der Waals surface area contributed by atoms with Crippen molar-refractivity contribution in [2.45, 2.75) is 52.1 Å². The zero-order valence-electron chi connectivity index (χ0n) is 15.9. The lowest BCUT2D eigenvalue weighted by atomic mass is 9.92. The minimum atomic E-state index is -0.356. The van der Waals surface area contributed by atoms with Crippen LogP contribution in [-0.4, -0.2) is 21.8 Å². The maximum absolute atomic E-state index is 12.5. The van der Waals surface area contributed by atoms with Gasteiger partial charge in [0.25, 0.3) is 0 Å². The highest BCUT2D eigenvalue weighted by atomic mass is 79.9. The predicted octanol–water partition coefficient (Wildman–Crippen LogP) is 4.63. The van der Waals surface area contributed by atoms with E-state index >= 15 is 0 Å². The first-order valence-electron chi connectivity index (χ1n) is 9.29. The molecule has 1 aliphatic carbocycles. The number of nitrogens with zero attached hydrogens (tertiary/aromatic N) is 2. The van der Waals surface area contributed by atoms with Crippen LogP contribution in [-0.2, 0) is 11.3 Å². The number of Topliss-reactive ketones (excluding diaryl/α,β-unsaturated/α-hetero) is 1. The quantitative estimate of drug-likeness (QED) is 0.639. The summed E-state index contributed by atoms with van der Waals surface area (Å²) in [6.45, 7) is 4.92. The number of ketones is 1. The molecule has 1 saturated carbocycles. The second kappa shape index (κ2) is 10.4. The van der Waals surface area contributed by atoms with Crippen molar-refractivity contribution < 1.29 is 4.79 Å². The van der Waals surface area contributed by atoms with Crippen LogP contribution < -0.4 is 5.32 Å². The number of imidazole rings is 1. The van der Waals surface area contributed by atoms with Crippen LogP contribution in [0.4, 0.5) is 0 Å². The summed E-state index contributed by atoms with van der Waals surface area (Å²) in [7, 11) is 0. The second-order valence-electron chi connectivity index (χ2n) is 7.49. The SMILES string of the molecule is CC(C)C[C@H](NCc1ccc(Br)cc1)C(=O)CC1(C#N)CC1.c1c[nH]cn1. The molecule has 27 heavy (non-hydrogen) atoms. The van der Waals surface area contributed by atoms with E-state index in [9.17, 15) is 10.1 Å². The molecule has 6 heteroatoms. The van der Waals surface area contributed by atoms with Gasteiger partial charge in [0.05, 0.1) is 23.9 Å². The maximum Gasteiger partial charge on any atom is 0.151 e. The summed E-state index contributed by atoms with van der Waals surface area (Å²) in [5, 5.41) is 12.6. The van der Waals surface area contributed by atoms with Gasteiger partial charge in [-0.1, -0.05) is 41.9 Å². The Morgan fingerprint density at radius 1 is 1.37 bits per heavy atom. The van der Waals surface area contributed by atoms with Gasteiger partial charge in [-0.15, -0.1) is 0 Å². The van der Waals surface area contributed by atoms with E-state index in [1.807, 2.05) is 24.3 Å². The van der Waals surface area contributed by atoms with E-state index < -0.39 is 0 Å². The first-order valence-corrected chi connectivity index (χ1v) is 10.1. The lowest BCUT2D eigenvalue weighted by Crippen LogP contribution is -2.38. The Kier molecular flexibility index (Phi) is 8.21. The first kappa shape index (κ1) is 21.3. The maximum atomic E-state index is 12.5. The highest BCUT2D eigenvalue weighted by molar-refractivity contribution is 9.10. The summed E-state index contributed by atoms with van der Waals surface area (Å²) in [4.78, 5) is 19.0. The van der Waals surface area contributed by atoms with Crippen LogP contribution >= 0.6 is 15.9 Å². The number of nitrogens with one attached hydrogen (secondary N) is 2. The fourth-order valence-corrected chi connectivity index (χ4v) is 3.06. The summed E-state index contributed by atoms with van der Waals surface area (Å²) in [5.41, 5.74) is 0.803. The Balaban J connectivity index is 0.000000451. The number of rotatable bonds is 8. The van der Waals surface area contributed by atoms with Gasteiger partial charge in [-0.25, -0.2) is 4.98 Å². The molecule has 0 saturated heterocycles. The minimum absolute atomic E-state index is 0.158. The number of benzene rings is 1. The van der Waals surface area contributed by atoms with Crippen molar-refractivity contribution in [1.82, 2.24) is 15.3 Å². The molecule has 1 aromatic heterocycles. The molecule has 1 heterocycles. The summed E-state index contributed by atoms with van der Waals surface area (Å²) in [6, 6.07) is 10.3. The molecule has 0 unspecified atom stereocenters. The Morgan fingerprint density at radius 2 is 2.07 bits per heavy atom. The van der Waals surface area contributed by atoms with Crippen LogP contribution in [0.5, 0.6) is 0 Å². The van der Waals surface area contributed by atoms with Crippen LogP contribution in [0.1, 0.15) is 45.1 Å². The average molecular weight is 431 g/mol. The van der Waals surface area contributed by atoms with Crippen LogP contribution in [0.25, 0.3) is 0 Å². The molecule has 0 bridgehead atoms. The van der Waals surface area contributed by atoms with Gasteiger partial charge < -0.3 is 10.3 Å². The largest absolute Gasteiger partial charge is 0.351 e. The van der Waals surface area contributed by atoms with E-state index in [4.69, 9.17) is 0 Å². The number of hydrogen-bond donors (Lipinski definition) is 2. The first-order chi connectivity index (χ1) is 12.9. The van der Waals surface area contributed by atoms with Gasteiger partial charge in [0.2, 0.25) is 0 Å². The number of carbonyl (C=O) groups is 1. The summed E-state index contributed by atoms with van der Waals surface area (Å²) < 4.78 is 1.05. The van der Waals surface area contributed by atoms with E-state index in [1.54, 1.807) is 18.7 Å². The molecule has 0 spiro atoms. The van der Waals surface area contributed by atoms with Crippen molar-refractivity contribution in [3.05, 3.63) is 53.0 Å². The Morgan fingerprint density at radius 3 is 2.52 bits per heavy atom. The van der Waals surface area contributed by atoms with E-state index in [1.165, 1.54) is 0 Å². The van der Waals surface area contributed by atoms with Gasteiger partial charge in [0.1, 0.15) is 0 Å². The third-order valence-electron chi connectivity index (χ3n) is 4.57. The van der Waals surface area contributed by atoms with Gasteiger partial charge in [0.15, 0.2) is 5.78 Å². The number of aromatic amines is 1. The number of aromatic nitrogens is 2. The van der Waals surface area contributed by atoms with Crippen LogP contribution in [0.2, 0.25) is 0 Å². The lowest BCUT2D eigenvalue weighted by molar-refractivity contribution is -0.122. The normalized spacial score (nSPS) is 15.4. The Bertz CT molecular complexity index is 713. The predicted molar refractivity (Wildman–Crippen MR) is 110 cm³/mol. The molecule has 144 valence electrons. The number of halogens is 1. The van der Waals surface area contributed by atoms with E-state index in [0.717, 1.165) is 29.3 Å². The van der Waals surface area contributed by atoms with Crippen molar-refractivity contribution in [2.75, 3.05) is 0 Å². The van der Waals surface area contributed by atoms with Gasteiger partial charge in [-0.05, 0) is 42.9 Å². The summed E-state index contributed by atoms with van der Waals surface area (Å²) in [5.74, 6) is 0.633.